The Labute approximate surface area is 183 Å². The average Bonchev–Trinajstić information content (AvgIpc) is 2.80. The molecule has 0 spiro atoms. The zero-order valence-corrected chi connectivity index (χ0v) is 17.8. The number of halogens is 4. The Hall–Kier alpha value is -3.17. The molecule has 3 rings (SSSR count). The Morgan fingerprint density at radius 1 is 1.06 bits per heavy atom. The number of carbonyl (C=O) groups is 2. The molecule has 0 aliphatic carbocycles. The summed E-state index contributed by atoms with van der Waals surface area (Å²) in [7, 11) is 0. The number of hydrogen-bond acceptors (Lipinski definition) is 4. The van der Waals surface area contributed by atoms with E-state index >= 15 is 0 Å². The first-order valence-corrected chi connectivity index (χ1v) is 10.4. The van der Waals surface area contributed by atoms with Gasteiger partial charge in [-0.05, 0) is 31.5 Å². The maximum Gasteiger partial charge on any atom is 0.257 e. The molecule has 0 radical (unpaired) electrons. The van der Waals surface area contributed by atoms with Gasteiger partial charge in [-0.3, -0.25) is 9.59 Å². The van der Waals surface area contributed by atoms with E-state index in [1.807, 2.05) is 18.7 Å². The Kier molecular flexibility index (Phi) is 7.32. The average molecular weight is 452 g/mol. The molecule has 1 aliphatic heterocycles. The predicted molar refractivity (Wildman–Crippen MR) is 110 cm³/mol. The summed E-state index contributed by atoms with van der Waals surface area (Å²) in [5.74, 6) is -7.82. The molecule has 2 amide bonds. The molecule has 0 bridgehead atoms. The SMILES string of the molecule is CCCC(C)NC(=O)c1ccc(N2CCN(C(=O)c3cc(F)c(F)c(F)c3F)CC2)nc1. The minimum atomic E-state index is -2.01. The summed E-state index contributed by atoms with van der Waals surface area (Å²) in [6, 6.07) is 3.79. The maximum atomic E-state index is 13.9. The van der Waals surface area contributed by atoms with E-state index < -0.39 is 34.7 Å². The number of nitrogens with one attached hydrogen (secondary N) is 1. The summed E-state index contributed by atoms with van der Waals surface area (Å²) < 4.78 is 54.0. The van der Waals surface area contributed by atoms with Gasteiger partial charge in [0.2, 0.25) is 0 Å². The number of carbonyl (C=O) groups excluding carboxylic acids is 2. The number of nitrogens with zero attached hydrogens (tertiary/aromatic N) is 3. The molecule has 10 heteroatoms. The van der Waals surface area contributed by atoms with Crippen molar-refractivity contribution in [3.05, 3.63) is 58.8 Å². The van der Waals surface area contributed by atoms with Crippen LogP contribution < -0.4 is 10.2 Å². The number of anilines is 1. The van der Waals surface area contributed by atoms with E-state index in [1.165, 1.54) is 11.1 Å². The molecular weight excluding hydrogens is 428 g/mol. The summed E-state index contributed by atoms with van der Waals surface area (Å²) in [5, 5.41) is 2.90. The van der Waals surface area contributed by atoms with Gasteiger partial charge < -0.3 is 15.1 Å². The molecule has 1 aromatic carbocycles. The van der Waals surface area contributed by atoms with Gasteiger partial charge in [0.1, 0.15) is 5.82 Å². The lowest BCUT2D eigenvalue weighted by Gasteiger charge is -2.35. The van der Waals surface area contributed by atoms with Crippen LogP contribution in [0.1, 0.15) is 47.4 Å². The topological polar surface area (TPSA) is 65.5 Å². The maximum absolute atomic E-state index is 13.9. The molecule has 1 atom stereocenters. The third kappa shape index (κ3) is 5.00. The van der Waals surface area contributed by atoms with Crippen LogP contribution in [0.2, 0.25) is 0 Å². The predicted octanol–water partition coefficient (Wildman–Crippen LogP) is 3.52. The Morgan fingerprint density at radius 2 is 1.75 bits per heavy atom. The third-order valence-corrected chi connectivity index (χ3v) is 5.33. The van der Waals surface area contributed by atoms with Crippen LogP contribution in [0.15, 0.2) is 24.4 Å². The molecule has 1 aliphatic rings. The lowest BCUT2D eigenvalue weighted by atomic mass is 10.1. The molecule has 32 heavy (non-hydrogen) atoms. The van der Waals surface area contributed by atoms with Crippen molar-refractivity contribution >= 4 is 17.6 Å². The van der Waals surface area contributed by atoms with Crippen molar-refractivity contribution in [1.82, 2.24) is 15.2 Å². The molecule has 172 valence electrons. The third-order valence-electron chi connectivity index (χ3n) is 5.33. The van der Waals surface area contributed by atoms with Crippen LogP contribution >= 0.6 is 0 Å². The zero-order chi connectivity index (χ0) is 23.4. The van der Waals surface area contributed by atoms with Gasteiger partial charge in [0, 0.05) is 38.4 Å². The normalized spacial score (nSPS) is 14.9. The van der Waals surface area contributed by atoms with Crippen molar-refractivity contribution in [3.8, 4) is 0 Å². The van der Waals surface area contributed by atoms with E-state index in [1.54, 1.807) is 12.1 Å². The summed E-state index contributed by atoms with van der Waals surface area (Å²) in [6.07, 6.45) is 3.31. The highest BCUT2D eigenvalue weighted by Crippen LogP contribution is 2.21. The quantitative estimate of drug-likeness (QED) is 0.414. The van der Waals surface area contributed by atoms with Crippen molar-refractivity contribution < 1.29 is 27.2 Å². The summed E-state index contributed by atoms with van der Waals surface area (Å²) >= 11 is 0. The molecule has 1 N–H and O–H groups in total. The van der Waals surface area contributed by atoms with Crippen LogP contribution in [0.4, 0.5) is 23.4 Å². The van der Waals surface area contributed by atoms with Crippen molar-refractivity contribution in [1.29, 1.82) is 0 Å². The Bertz CT molecular complexity index is 992. The fourth-order valence-corrected chi connectivity index (χ4v) is 3.56. The van der Waals surface area contributed by atoms with Crippen LogP contribution in [-0.2, 0) is 0 Å². The standard InChI is InChI=1S/C22H24F4N4O2/c1-3-4-13(2)28-21(31)14-5-6-17(27-12-14)29-7-9-30(10-8-29)22(32)15-11-16(23)19(25)20(26)18(15)24/h5-6,11-13H,3-4,7-10H2,1-2H3,(H,28,31). The van der Waals surface area contributed by atoms with Gasteiger partial charge in [-0.25, -0.2) is 22.5 Å². The molecule has 1 aromatic heterocycles. The summed E-state index contributed by atoms with van der Waals surface area (Å²) in [5.41, 5.74) is -0.415. The van der Waals surface area contributed by atoms with Crippen LogP contribution in [0.25, 0.3) is 0 Å². The first-order valence-electron chi connectivity index (χ1n) is 10.4. The fourth-order valence-electron chi connectivity index (χ4n) is 3.56. The monoisotopic (exact) mass is 452 g/mol. The van der Waals surface area contributed by atoms with E-state index in [9.17, 15) is 27.2 Å². The van der Waals surface area contributed by atoms with Crippen LogP contribution in [0.5, 0.6) is 0 Å². The van der Waals surface area contributed by atoms with Crippen LogP contribution in [0, 0.1) is 23.3 Å². The second-order valence-electron chi connectivity index (χ2n) is 7.70. The van der Waals surface area contributed by atoms with Gasteiger partial charge in [-0.1, -0.05) is 13.3 Å². The minimum absolute atomic E-state index is 0.0608. The van der Waals surface area contributed by atoms with Crippen molar-refractivity contribution in [3.63, 3.8) is 0 Å². The number of hydrogen-bond donors (Lipinski definition) is 1. The summed E-state index contributed by atoms with van der Waals surface area (Å²) in [4.78, 5) is 32.2. The van der Waals surface area contributed by atoms with E-state index in [-0.39, 0.29) is 25.0 Å². The van der Waals surface area contributed by atoms with E-state index in [0.717, 1.165) is 12.8 Å². The molecule has 1 unspecified atom stereocenters. The van der Waals surface area contributed by atoms with Crippen molar-refractivity contribution in [2.75, 3.05) is 31.1 Å². The second kappa shape index (κ2) is 9.97. The molecule has 0 saturated carbocycles. The molecule has 2 aromatic rings. The van der Waals surface area contributed by atoms with Gasteiger partial charge in [-0.2, -0.15) is 0 Å². The molecular formula is C22H24F4N4O2. The molecule has 6 nitrogen and oxygen atoms in total. The lowest BCUT2D eigenvalue weighted by molar-refractivity contribution is 0.0739. The number of piperazine rings is 1. The van der Waals surface area contributed by atoms with E-state index in [4.69, 9.17) is 0 Å². The van der Waals surface area contributed by atoms with Crippen LogP contribution in [0.3, 0.4) is 0 Å². The summed E-state index contributed by atoms with van der Waals surface area (Å²) in [6.45, 7) is 4.95. The number of aromatic nitrogens is 1. The highest BCUT2D eigenvalue weighted by molar-refractivity contribution is 5.95. The number of amides is 2. The van der Waals surface area contributed by atoms with Gasteiger partial charge in [0.05, 0.1) is 11.1 Å². The van der Waals surface area contributed by atoms with Crippen molar-refractivity contribution in [2.45, 2.75) is 32.7 Å². The molecule has 1 saturated heterocycles. The molecule has 2 heterocycles. The van der Waals surface area contributed by atoms with Gasteiger partial charge in [0.25, 0.3) is 11.8 Å². The van der Waals surface area contributed by atoms with Gasteiger partial charge in [0.15, 0.2) is 23.3 Å². The van der Waals surface area contributed by atoms with E-state index in [0.29, 0.717) is 30.5 Å². The highest BCUT2D eigenvalue weighted by atomic mass is 19.2. The minimum Gasteiger partial charge on any atom is -0.353 e. The fraction of sp³-hybridized carbons (Fsp3) is 0.409. The number of pyridine rings is 1. The van der Waals surface area contributed by atoms with Crippen molar-refractivity contribution in [2.24, 2.45) is 0 Å². The van der Waals surface area contributed by atoms with Gasteiger partial charge in [-0.15, -0.1) is 0 Å². The smallest absolute Gasteiger partial charge is 0.257 e. The second-order valence-corrected chi connectivity index (χ2v) is 7.70. The zero-order valence-electron chi connectivity index (χ0n) is 17.8. The molecule has 1 fully saturated rings. The largest absolute Gasteiger partial charge is 0.353 e. The first kappa shape index (κ1) is 23.5. The number of rotatable bonds is 6. The Morgan fingerprint density at radius 3 is 2.34 bits per heavy atom. The first-order chi connectivity index (χ1) is 15.2. The highest BCUT2D eigenvalue weighted by Gasteiger charge is 2.28. The van der Waals surface area contributed by atoms with E-state index in [2.05, 4.69) is 10.3 Å². The van der Waals surface area contributed by atoms with Gasteiger partial charge >= 0.3 is 0 Å². The number of benzene rings is 1. The van der Waals surface area contributed by atoms with Crippen LogP contribution in [-0.4, -0.2) is 53.9 Å². The lowest BCUT2D eigenvalue weighted by Crippen LogP contribution is -2.49. The Balaban J connectivity index is 1.61.